The molecule has 1 aliphatic carbocycles. The van der Waals surface area contributed by atoms with Crippen LogP contribution in [0.1, 0.15) is 25.0 Å². The van der Waals surface area contributed by atoms with Gasteiger partial charge in [0.1, 0.15) is 11.2 Å². The van der Waals surface area contributed by atoms with Gasteiger partial charge in [-0.25, -0.2) is 0 Å². The Morgan fingerprint density at radius 2 is 1.26 bits per heavy atom. The number of hydrogen-bond acceptors (Lipinski definition) is 2. The first kappa shape index (κ1) is 22.4. The second-order valence-corrected chi connectivity index (χ2v) is 12.2. The van der Waals surface area contributed by atoms with E-state index < -0.39 is 0 Å². The van der Waals surface area contributed by atoms with Gasteiger partial charge >= 0.3 is 0 Å². The van der Waals surface area contributed by atoms with E-state index in [1.807, 2.05) is 6.07 Å². The topological polar surface area (TPSA) is 21.3 Å². The average molecular weight is 539 g/mol. The van der Waals surface area contributed by atoms with E-state index in [-0.39, 0.29) is 5.41 Å². The first-order valence-corrected chi connectivity index (χ1v) is 14.6. The number of fused-ring (bicyclic) bond motifs is 11. The van der Waals surface area contributed by atoms with Crippen LogP contribution in [0, 0.1) is 0 Å². The molecule has 198 valence electrons. The minimum Gasteiger partial charge on any atom is -0.456 e. The molecule has 0 amide bonds. The summed E-state index contributed by atoms with van der Waals surface area (Å²) in [5.41, 5.74) is 14.4. The maximum atomic E-state index is 6.35. The highest BCUT2D eigenvalue weighted by Crippen LogP contribution is 2.53. The molecule has 42 heavy (non-hydrogen) atoms. The van der Waals surface area contributed by atoms with Crippen molar-refractivity contribution in [3.63, 3.8) is 0 Å². The van der Waals surface area contributed by atoms with Gasteiger partial charge in [-0.3, -0.25) is 0 Å². The minimum absolute atomic E-state index is 0.0605. The lowest BCUT2D eigenvalue weighted by atomic mass is 9.82. The van der Waals surface area contributed by atoms with Gasteiger partial charge < -0.3 is 13.9 Å². The lowest BCUT2D eigenvalue weighted by molar-refractivity contribution is 0.660. The summed E-state index contributed by atoms with van der Waals surface area (Å²) in [5.74, 6) is 0. The van der Waals surface area contributed by atoms with Gasteiger partial charge in [-0.15, -0.1) is 0 Å². The van der Waals surface area contributed by atoms with Gasteiger partial charge in [-0.2, -0.15) is 0 Å². The largest absolute Gasteiger partial charge is 0.456 e. The average Bonchev–Trinajstić information content (AvgIpc) is 3.63. The molecule has 0 saturated heterocycles. The van der Waals surface area contributed by atoms with Crippen molar-refractivity contribution in [3.05, 3.63) is 132 Å². The Bertz CT molecular complexity index is 2460. The van der Waals surface area contributed by atoms with Gasteiger partial charge in [0, 0.05) is 38.7 Å². The van der Waals surface area contributed by atoms with Crippen molar-refractivity contribution >= 4 is 60.8 Å². The second kappa shape index (κ2) is 7.51. The molecule has 0 radical (unpaired) electrons. The van der Waals surface area contributed by atoms with E-state index in [2.05, 4.69) is 139 Å². The normalized spacial score (nSPS) is 14.6. The highest BCUT2D eigenvalue weighted by Gasteiger charge is 2.36. The van der Waals surface area contributed by atoms with E-state index in [9.17, 15) is 0 Å². The van der Waals surface area contributed by atoms with Crippen LogP contribution in [0.25, 0.3) is 60.6 Å². The maximum Gasteiger partial charge on any atom is 0.137 e. The third-order valence-electron chi connectivity index (χ3n) is 9.69. The first-order valence-electron chi connectivity index (χ1n) is 14.6. The summed E-state index contributed by atoms with van der Waals surface area (Å²) in [5, 5.41) is 4.81. The van der Waals surface area contributed by atoms with Crippen LogP contribution in [-0.2, 0) is 5.41 Å². The second-order valence-electron chi connectivity index (χ2n) is 12.2. The van der Waals surface area contributed by atoms with Crippen molar-refractivity contribution in [1.82, 2.24) is 4.57 Å². The lowest BCUT2D eigenvalue weighted by Gasteiger charge is -2.34. The van der Waals surface area contributed by atoms with Crippen LogP contribution in [0.2, 0.25) is 0 Å². The summed E-state index contributed by atoms with van der Waals surface area (Å²) in [6.45, 7) is 4.70. The summed E-state index contributed by atoms with van der Waals surface area (Å²) >= 11 is 0. The molecule has 8 aromatic rings. The highest BCUT2D eigenvalue weighted by molar-refractivity contribution is 6.21. The molecule has 3 heteroatoms. The summed E-state index contributed by atoms with van der Waals surface area (Å²) in [4.78, 5) is 2.45. The molecular weight excluding hydrogens is 512 g/mol. The molecule has 3 nitrogen and oxygen atoms in total. The van der Waals surface area contributed by atoms with Crippen molar-refractivity contribution in [3.8, 4) is 16.8 Å². The number of rotatable bonds is 1. The monoisotopic (exact) mass is 538 g/mol. The molecular formula is C39H26N2O. The van der Waals surface area contributed by atoms with Crippen LogP contribution in [0.15, 0.2) is 126 Å². The fourth-order valence-corrected chi connectivity index (χ4v) is 7.78. The Morgan fingerprint density at radius 1 is 0.524 bits per heavy atom. The smallest absolute Gasteiger partial charge is 0.137 e. The molecule has 0 saturated carbocycles. The number of nitrogens with zero attached hydrogens (tertiary/aromatic N) is 2. The van der Waals surface area contributed by atoms with E-state index in [1.165, 1.54) is 66.8 Å². The molecule has 10 rings (SSSR count). The molecule has 0 bridgehead atoms. The maximum absolute atomic E-state index is 6.35. The SMILES string of the molecule is CC1(C)c2ccccc2-c2ccc(N3c4ccccc4-n4c5cc6oc7ccccc7c6cc5c5cccc3c54)cc21. The number of furan rings is 1. The Labute approximate surface area is 242 Å². The van der Waals surface area contributed by atoms with Crippen LogP contribution < -0.4 is 4.90 Å². The fourth-order valence-electron chi connectivity index (χ4n) is 7.78. The summed E-state index contributed by atoms with van der Waals surface area (Å²) in [6.07, 6.45) is 0. The molecule has 6 aromatic carbocycles. The van der Waals surface area contributed by atoms with Crippen molar-refractivity contribution in [2.45, 2.75) is 19.3 Å². The van der Waals surface area contributed by atoms with Crippen LogP contribution in [0.5, 0.6) is 0 Å². The van der Waals surface area contributed by atoms with E-state index in [4.69, 9.17) is 4.42 Å². The van der Waals surface area contributed by atoms with E-state index in [0.29, 0.717) is 0 Å². The zero-order valence-corrected chi connectivity index (χ0v) is 23.3. The zero-order chi connectivity index (χ0) is 27.7. The Balaban J connectivity index is 1.28. The van der Waals surface area contributed by atoms with Crippen molar-refractivity contribution in [1.29, 1.82) is 0 Å². The number of aromatic nitrogens is 1. The number of anilines is 3. The summed E-state index contributed by atoms with van der Waals surface area (Å²) < 4.78 is 8.78. The fraction of sp³-hybridized carbons (Fsp3) is 0.0769. The molecule has 0 fully saturated rings. The van der Waals surface area contributed by atoms with Crippen molar-refractivity contribution in [2.75, 3.05) is 4.90 Å². The van der Waals surface area contributed by atoms with Gasteiger partial charge in [-0.05, 0) is 64.7 Å². The van der Waals surface area contributed by atoms with Gasteiger partial charge in [0.25, 0.3) is 0 Å². The van der Waals surface area contributed by atoms with Gasteiger partial charge in [0.2, 0.25) is 0 Å². The van der Waals surface area contributed by atoms with Gasteiger partial charge in [-0.1, -0.05) is 86.6 Å². The van der Waals surface area contributed by atoms with E-state index >= 15 is 0 Å². The van der Waals surface area contributed by atoms with Crippen LogP contribution in [-0.4, -0.2) is 4.57 Å². The van der Waals surface area contributed by atoms with Gasteiger partial charge in [0.05, 0.1) is 28.1 Å². The highest BCUT2D eigenvalue weighted by atomic mass is 16.3. The summed E-state index contributed by atoms with van der Waals surface area (Å²) in [7, 11) is 0. The standard InChI is InChI=1S/C39H26N2O/c1-39(2)30-13-5-3-10-24(30)25-19-18-23(20-31(25)39)40-32-14-6-7-15-33(32)41-35-22-37-29(26-11-4-8-17-36(26)42-37)21-28(35)27-12-9-16-34(40)38(27)41/h3-22H,1-2H3. The third-order valence-corrected chi connectivity index (χ3v) is 9.69. The van der Waals surface area contributed by atoms with E-state index in [0.717, 1.165) is 21.9 Å². The molecule has 2 aromatic heterocycles. The van der Waals surface area contributed by atoms with Crippen molar-refractivity contribution in [2.24, 2.45) is 0 Å². The zero-order valence-electron chi connectivity index (χ0n) is 23.3. The molecule has 0 unspecified atom stereocenters. The molecule has 3 heterocycles. The third kappa shape index (κ3) is 2.62. The molecule has 2 aliphatic rings. The first-order chi connectivity index (χ1) is 20.6. The predicted octanol–water partition coefficient (Wildman–Crippen LogP) is 10.8. The van der Waals surface area contributed by atoms with Crippen LogP contribution >= 0.6 is 0 Å². The minimum atomic E-state index is -0.0605. The number of para-hydroxylation sites is 4. The molecule has 0 atom stereocenters. The van der Waals surface area contributed by atoms with Gasteiger partial charge in [0.15, 0.2) is 0 Å². The molecule has 0 spiro atoms. The molecule has 0 N–H and O–H groups in total. The Kier molecular flexibility index (Phi) is 4.01. The van der Waals surface area contributed by atoms with Crippen LogP contribution in [0.3, 0.4) is 0 Å². The predicted molar refractivity (Wildman–Crippen MR) is 174 cm³/mol. The summed E-state index contributed by atoms with van der Waals surface area (Å²) in [6, 6.07) is 44.3. The van der Waals surface area contributed by atoms with Crippen LogP contribution in [0.4, 0.5) is 17.1 Å². The van der Waals surface area contributed by atoms with Crippen molar-refractivity contribution < 1.29 is 4.42 Å². The lowest BCUT2D eigenvalue weighted by Crippen LogP contribution is -2.19. The number of hydrogen-bond donors (Lipinski definition) is 0. The Morgan fingerprint density at radius 3 is 2.19 bits per heavy atom. The quantitative estimate of drug-likeness (QED) is 0.207. The van der Waals surface area contributed by atoms with E-state index in [1.54, 1.807) is 0 Å². The number of benzene rings is 6. The Hall–Kier alpha value is -5.28. The molecule has 1 aliphatic heterocycles.